The quantitative estimate of drug-likeness (QED) is 0.661. The number of aliphatic hydroxyl groups is 1. The third-order valence-electron chi connectivity index (χ3n) is 2.07. The van der Waals surface area contributed by atoms with Crippen LogP contribution in [-0.4, -0.2) is 40.7 Å². The minimum absolute atomic E-state index is 0.140. The van der Waals surface area contributed by atoms with Crippen molar-refractivity contribution in [2.45, 2.75) is 10.4 Å². The van der Waals surface area contributed by atoms with Gasteiger partial charge in [-0.1, -0.05) is 23.9 Å². The van der Waals surface area contributed by atoms with Crippen molar-refractivity contribution in [3.8, 4) is 0 Å². The van der Waals surface area contributed by atoms with Crippen molar-refractivity contribution in [1.82, 2.24) is 4.98 Å². The van der Waals surface area contributed by atoms with Crippen molar-refractivity contribution in [2.75, 3.05) is 11.5 Å². The van der Waals surface area contributed by atoms with Gasteiger partial charge >= 0.3 is 0 Å². The van der Waals surface area contributed by atoms with E-state index in [2.05, 4.69) is 4.98 Å². The molecule has 1 atom stereocenters. The number of aromatic nitrogens is 1. The van der Waals surface area contributed by atoms with Crippen LogP contribution in [0.15, 0.2) is 28.6 Å². The molecular formula is C10H10NO4S3-. The van der Waals surface area contributed by atoms with E-state index in [1.165, 1.54) is 23.1 Å². The van der Waals surface area contributed by atoms with Crippen LogP contribution in [0, 0.1) is 0 Å². The first kappa shape index (κ1) is 13.8. The zero-order valence-electron chi connectivity index (χ0n) is 9.14. The number of thiazole rings is 1. The smallest absolute Gasteiger partial charge is 0.151 e. The van der Waals surface area contributed by atoms with Gasteiger partial charge in [-0.15, -0.1) is 11.3 Å². The SMILES string of the molecule is O=S(=O)([O-])C[C@@H](O)CSc1nc2ccccc2s1. The number of benzene rings is 1. The van der Waals surface area contributed by atoms with Gasteiger partial charge in [-0.25, -0.2) is 13.4 Å². The number of aliphatic hydroxyl groups excluding tert-OH is 1. The maximum Gasteiger partial charge on any atom is 0.151 e. The summed E-state index contributed by atoms with van der Waals surface area (Å²) in [6.07, 6.45) is -1.16. The maximum atomic E-state index is 10.5. The summed E-state index contributed by atoms with van der Waals surface area (Å²) in [5, 5.41) is 9.40. The predicted molar refractivity (Wildman–Crippen MR) is 70.9 cm³/mol. The van der Waals surface area contributed by atoms with Crippen LogP contribution in [0.3, 0.4) is 0 Å². The molecule has 0 spiro atoms. The van der Waals surface area contributed by atoms with Gasteiger partial charge in [-0.3, -0.25) is 0 Å². The Labute approximate surface area is 113 Å². The summed E-state index contributed by atoms with van der Waals surface area (Å²) in [4.78, 5) is 4.32. The van der Waals surface area contributed by atoms with Gasteiger partial charge in [-0.05, 0) is 12.1 Å². The molecule has 0 unspecified atom stereocenters. The van der Waals surface area contributed by atoms with Crippen molar-refractivity contribution in [3.63, 3.8) is 0 Å². The second kappa shape index (κ2) is 5.54. The lowest BCUT2D eigenvalue weighted by Gasteiger charge is -2.11. The van der Waals surface area contributed by atoms with E-state index in [0.29, 0.717) is 0 Å². The molecule has 0 fully saturated rings. The number of para-hydroxylation sites is 1. The molecule has 0 radical (unpaired) electrons. The van der Waals surface area contributed by atoms with Crippen LogP contribution in [0.4, 0.5) is 0 Å². The highest BCUT2D eigenvalue weighted by Crippen LogP contribution is 2.29. The Morgan fingerprint density at radius 2 is 2.17 bits per heavy atom. The van der Waals surface area contributed by atoms with Crippen molar-refractivity contribution in [1.29, 1.82) is 0 Å². The standard InChI is InChI=1S/C10H11NO4S3/c12-7(6-18(13,14)15)5-16-10-11-8-3-1-2-4-9(8)17-10/h1-4,7,12H,5-6H2,(H,13,14,15)/p-1/t7-/m0/s1. The van der Waals surface area contributed by atoms with Crippen LogP contribution in [0.25, 0.3) is 10.2 Å². The largest absolute Gasteiger partial charge is 0.748 e. The Hall–Kier alpha value is -0.670. The van der Waals surface area contributed by atoms with Gasteiger partial charge in [0.1, 0.15) is 0 Å². The molecule has 0 saturated heterocycles. The van der Waals surface area contributed by atoms with Crippen molar-refractivity contribution < 1.29 is 18.1 Å². The summed E-state index contributed by atoms with van der Waals surface area (Å²) in [5.41, 5.74) is 0.871. The molecule has 0 bridgehead atoms. The first-order valence-electron chi connectivity index (χ1n) is 5.04. The minimum Gasteiger partial charge on any atom is -0.748 e. The van der Waals surface area contributed by atoms with E-state index in [1.807, 2.05) is 24.3 Å². The summed E-state index contributed by atoms with van der Waals surface area (Å²) in [7, 11) is -4.38. The van der Waals surface area contributed by atoms with Crippen molar-refractivity contribution in [2.24, 2.45) is 0 Å². The second-order valence-corrected chi connectivity index (χ2v) is 7.38. The lowest BCUT2D eigenvalue weighted by atomic mass is 10.3. The van der Waals surface area contributed by atoms with Gasteiger partial charge in [-0.2, -0.15) is 0 Å². The van der Waals surface area contributed by atoms with E-state index < -0.39 is 22.0 Å². The van der Waals surface area contributed by atoms with E-state index in [-0.39, 0.29) is 5.75 Å². The molecule has 8 heteroatoms. The summed E-state index contributed by atoms with van der Waals surface area (Å²) in [6, 6.07) is 7.62. The first-order chi connectivity index (χ1) is 8.44. The third-order valence-corrected chi connectivity index (χ3v) is 5.19. The normalized spacial score (nSPS) is 13.9. The molecule has 0 aliphatic carbocycles. The lowest BCUT2D eigenvalue weighted by molar-refractivity contribution is 0.219. The van der Waals surface area contributed by atoms with E-state index in [9.17, 15) is 18.1 Å². The fourth-order valence-corrected chi connectivity index (χ4v) is 4.12. The summed E-state index contributed by atoms with van der Waals surface area (Å²) >= 11 is 2.72. The molecule has 1 N–H and O–H groups in total. The van der Waals surface area contributed by atoms with Gasteiger partial charge < -0.3 is 9.66 Å². The molecule has 18 heavy (non-hydrogen) atoms. The van der Waals surface area contributed by atoms with Crippen LogP contribution in [0.1, 0.15) is 0 Å². The minimum atomic E-state index is -4.38. The average molecular weight is 304 g/mol. The molecule has 1 heterocycles. The van der Waals surface area contributed by atoms with E-state index >= 15 is 0 Å². The third kappa shape index (κ3) is 3.92. The highest BCUT2D eigenvalue weighted by molar-refractivity contribution is 8.01. The number of rotatable bonds is 5. The van der Waals surface area contributed by atoms with E-state index in [4.69, 9.17) is 0 Å². The van der Waals surface area contributed by atoms with Crippen molar-refractivity contribution >= 4 is 43.4 Å². The van der Waals surface area contributed by atoms with Crippen LogP contribution >= 0.6 is 23.1 Å². The topological polar surface area (TPSA) is 90.3 Å². The van der Waals surface area contributed by atoms with Gasteiger partial charge in [0.15, 0.2) is 4.34 Å². The first-order valence-corrected chi connectivity index (χ1v) is 8.42. The molecule has 2 rings (SSSR count). The molecule has 0 aliphatic rings. The lowest BCUT2D eigenvalue weighted by Crippen LogP contribution is -2.22. The number of fused-ring (bicyclic) bond motifs is 1. The number of nitrogens with zero attached hydrogens (tertiary/aromatic N) is 1. The zero-order chi connectivity index (χ0) is 13.2. The van der Waals surface area contributed by atoms with Crippen molar-refractivity contribution in [3.05, 3.63) is 24.3 Å². The fraction of sp³-hybridized carbons (Fsp3) is 0.300. The predicted octanol–water partition coefficient (Wildman–Crippen LogP) is 1.29. The van der Waals surface area contributed by atoms with E-state index in [0.717, 1.165) is 14.6 Å². The number of hydrogen-bond acceptors (Lipinski definition) is 7. The molecule has 0 saturated carbocycles. The van der Waals surface area contributed by atoms with Gasteiger partial charge in [0, 0.05) is 5.75 Å². The van der Waals surface area contributed by atoms with Crippen LogP contribution in [0.5, 0.6) is 0 Å². The Kier molecular flexibility index (Phi) is 4.23. The molecule has 1 aromatic carbocycles. The summed E-state index contributed by atoms with van der Waals surface area (Å²) < 4.78 is 33.2. The highest BCUT2D eigenvalue weighted by Gasteiger charge is 2.11. The van der Waals surface area contributed by atoms with E-state index in [1.54, 1.807) is 0 Å². The fourth-order valence-electron chi connectivity index (χ4n) is 1.36. The number of hydrogen-bond donors (Lipinski definition) is 1. The Balaban J connectivity index is 1.98. The van der Waals surface area contributed by atoms with Gasteiger partial charge in [0.2, 0.25) is 0 Å². The van der Waals surface area contributed by atoms with Crippen LogP contribution in [-0.2, 0) is 10.1 Å². The molecule has 0 amide bonds. The molecule has 1 aromatic heterocycles. The molecule has 2 aromatic rings. The Bertz CT molecular complexity index is 604. The monoisotopic (exact) mass is 304 g/mol. The summed E-state index contributed by atoms with van der Waals surface area (Å²) in [5.74, 6) is -0.619. The zero-order valence-corrected chi connectivity index (χ0v) is 11.6. The highest BCUT2D eigenvalue weighted by atomic mass is 32.2. The molecule has 5 nitrogen and oxygen atoms in total. The Morgan fingerprint density at radius 1 is 1.44 bits per heavy atom. The number of thioether (sulfide) groups is 1. The molecular weight excluding hydrogens is 294 g/mol. The maximum absolute atomic E-state index is 10.5. The molecule has 98 valence electrons. The van der Waals surface area contributed by atoms with Crippen LogP contribution < -0.4 is 0 Å². The van der Waals surface area contributed by atoms with Gasteiger partial charge in [0.25, 0.3) is 0 Å². The van der Waals surface area contributed by atoms with Crippen LogP contribution in [0.2, 0.25) is 0 Å². The second-order valence-electron chi connectivity index (χ2n) is 3.64. The van der Waals surface area contributed by atoms with Gasteiger partial charge in [0.05, 0.1) is 32.2 Å². The Morgan fingerprint density at radius 3 is 2.83 bits per heavy atom. The summed E-state index contributed by atoms with van der Waals surface area (Å²) in [6.45, 7) is 0. The molecule has 0 aliphatic heterocycles. The average Bonchev–Trinajstić information content (AvgIpc) is 2.66.